The van der Waals surface area contributed by atoms with Gasteiger partial charge in [-0.05, 0) is 72.2 Å². The van der Waals surface area contributed by atoms with Gasteiger partial charge in [0, 0.05) is 11.1 Å². The third-order valence-corrected chi connectivity index (χ3v) is 7.70. The molecule has 4 aromatic rings. The molecule has 4 rings (SSSR count). The second-order valence-electron chi connectivity index (χ2n) is 11.0. The molecule has 0 radical (unpaired) electrons. The van der Waals surface area contributed by atoms with Crippen LogP contribution < -0.4 is 4.74 Å². The Hall–Kier alpha value is -5.13. The SMILES string of the molecule is O=C(O)c1ccc(CCC(/C=C/c2ccccc2OCc2ccc(C(F)(C(F)(F)F)C(F)(F)F)cc2)Cc2ccc(C(=O)O)cc2)cc1. The van der Waals surface area contributed by atoms with Crippen LogP contribution in [0.25, 0.3) is 6.08 Å². The third kappa shape index (κ3) is 8.61. The van der Waals surface area contributed by atoms with Gasteiger partial charge in [-0.1, -0.05) is 78.9 Å². The van der Waals surface area contributed by atoms with E-state index in [1.165, 1.54) is 24.3 Å². The Morgan fingerprint density at radius 3 is 1.69 bits per heavy atom. The van der Waals surface area contributed by atoms with E-state index in [-0.39, 0.29) is 29.2 Å². The molecule has 4 aromatic carbocycles. The summed E-state index contributed by atoms with van der Waals surface area (Å²) in [6.07, 6.45) is -6.86. The highest BCUT2D eigenvalue weighted by Gasteiger charge is 2.73. The van der Waals surface area contributed by atoms with Gasteiger partial charge in [0.25, 0.3) is 0 Å². The van der Waals surface area contributed by atoms with Gasteiger partial charge in [-0.2, -0.15) is 26.3 Å². The summed E-state index contributed by atoms with van der Waals surface area (Å²) in [7, 11) is 0. The van der Waals surface area contributed by atoms with Gasteiger partial charge in [-0.3, -0.25) is 0 Å². The molecular formula is C36H29F7O5. The van der Waals surface area contributed by atoms with E-state index in [9.17, 15) is 45.4 Å². The van der Waals surface area contributed by atoms with Gasteiger partial charge in [-0.25, -0.2) is 14.0 Å². The molecule has 2 N–H and O–H groups in total. The van der Waals surface area contributed by atoms with E-state index in [1.807, 2.05) is 12.2 Å². The minimum atomic E-state index is -6.21. The van der Waals surface area contributed by atoms with Crippen molar-refractivity contribution >= 4 is 18.0 Å². The fourth-order valence-electron chi connectivity index (χ4n) is 4.99. The first-order valence-corrected chi connectivity index (χ1v) is 14.5. The zero-order chi connectivity index (χ0) is 35.1. The molecule has 5 nitrogen and oxygen atoms in total. The Morgan fingerprint density at radius 1 is 0.667 bits per heavy atom. The lowest BCUT2D eigenvalue weighted by molar-refractivity contribution is -0.348. The van der Waals surface area contributed by atoms with Crippen LogP contribution in [0.15, 0.2) is 103 Å². The summed E-state index contributed by atoms with van der Waals surface area (Å²) < 4.78 is 98.8. The van der Waals surface area contributed by atoms with Gasteiger partial charge in [-0.15, -0.1) is 0 Å². The largest absolute Gasteiger partial charge is 0.488 e. The van der Waals surface area contributed by atoms with Crippen LogP contribution in [-0.4, -0.2) is 34.5 Å². The number of hydrogen-bond acceptors (Lipinski definition) is 3. The van der Waals surface area contributed by atoms with Crippen molar-refractivity contribution in [2.75, 3.05) is 0 Å². The number of alkyl halides is 7. The topological polar surface area (TPSA) is 83.8 Å². The van der Waals surface area contributed by atoms with Crippen molar-refractivity contribution < 1.29 is 55.3 Å². The molecule has 12 heteroatoms. The summed E-state index contributed by atoms with van der Waals surface area (Å²) in [6, 6.07) is 22.6. The van der Waals surface area contributed by atoms with Crippen LogP contribution in [0.3, 0.4) is 0 Å². The van der Waals surface area contributed by atoms with Crippen molar-refractivity contribution in [1.29, 1.82) is 0 Å². The van der Waals surface area contributed by atoms with E-state index in [4.69, 9.17) is 9.84 Å². The van der Waals surface area contributed by atoms with Crippen LogP contribution in [0.5, 0.6) is 5.75 Å². The first kappa shape index (κ1) is 35.7. The highest BCUT2D eigenvalue weighted by atomic mass is 19.4. The Bertz CT molecular complexity index is 1710. The highest BCUT2D eigenvalue weighted by molar-refractivity contribution is 5.88. The van der Waals surface area contributed by atoms with Crippen LogP contribution >= 0.6 is 0 Å². The van der Waals surface area contributed by atoms with Crippen LogP contribution in [0.1, 0.15) is 55.0 Å². The number of aryl methyl sites for hydroxylation is 1. The number of ether oxygens (including phenoxy) is 1. The summed E-state index contributed by atoms with van der Waals surface area (Å²) in [4.78, 5) is 22.5. The fraction of sp³-hybridized carbons (Fsp3) is 0.222. The predicted octanol–water partition coefficient (Wildman–Crippen LogP) is 9.46. The van der Waals surface area contributed by atoms with Crippen LogP contribution in [0.2, 0.25) is 0 Å². The molecule has 0 bridgehead atoms. The lowest BCUT2D eigenvalue weighted by atomic mass is 9.91. The molecule has 0 aliphatic heterocycles. The lowest BCUT2D eigenvalue weighted by Crippen LogP contribution is -2.50. The molecule has 0 fully saturated rings. The number of aromatic carboxylic acids is 2. The molecule has 48 heavy (non-hydrogen) atoms. The summed E-state index contributed by atoms with van der Waals surface area (Å²) >= 11 is 0. The number of benzene rings is 4. The molecule has 0 amide bonds. The number of carboxylic acids is 2. The third-order valence-electron chi connectivity index (χ3n) is 7.70. The molecule has 0 aliphatic carbocycles. The molecule has 1 unspecified atom stereocenters. The summed E-state index contributed by atoms with van der Waals surface area (Å²) in [5, 5.41) is 18.4. The second-order valence-corrected chi connectivity index (χ2v) is 11.0. The first-order valence-electron chi connectivity index (χ1n) is 14.5. The lowest BCUT2D eigenvalue weighted by Gasteiger charge is -2.30. The van der Waals surface area contributed by atoms with Crippen molar-refractivity contribution in [3.05, 3.63) is 142 Å². The van der Waals surface area contributed by atoms with Crippen molar-refractivity contribution in [3.8, 4) is 5.75 Å². The van der Waals surface area contributed by atoms with Gasteiger partial charge in [0.2, 0.25) is 0 Å². The van der Waals surface area contributed by atoms with Crippen LogP contribution in [-0.2, 0) is 25.1 Å². The maximum Gasteiger partial charge on any atom is 0.435 e. The number of carboxylic acid groups (broad SMARTS) is 2. The van der Waals surface area contributed by atoms with Crippen LogP contribution in [0.4, 0.5) is 30.7 Å². The van der Waals surface area contributed by atoms with E-state index in [0.29, 0.717) is 42.7 Å². The molecule has 1 atom stereocenters. The van der Waals surface area contributed by atoms with E-state index < -0.39 is 35.5 Å². The van der Waals surface area contributed by atoms with Gasteiger partial charge in [0.05, 0.1) is 11.1 Å². The maximum absolute atomic E-state index is 14.4. The minimum Gasteiger partial charge on any atom is -0.488 e. The van der Waals surface area contributed by atoms with Gasteiger partial charge >= 0.3 is 30.0 Å². The number of hydrogen-bond donors (Lipinski definition) is 2. The molecule has 252 valence electrons. The normalized spacial score (nSPS) is 13.0. The average Bonchev–Trinajstić information content (AvgIpc) is 3.04. The summed E-state index contributed by atoms with van der Waals surface area (Å²) in [6.45, 7) is -0.228. The monoisotopic (exact) mass is 674 g/mol. The van der Waals surface area contributed by atoms with Gasteiger partial charge < -0.3 is 14.9 Å². The van der Waals surface area contributed by atoms with Gasteiger partial charge in [0.15, 0.2) is 0 Å². The number of halogens is 7. The highest BCUT2D eigenvalue weighted by Crippen LogP contribution is 2.53. The number of para-hydroxylation sites is 1. The average molecular weight is 675 g/mol. The zero-order valence-electron chi connectivity index (χ0n) is 25.1. The van der Waals surface area contributed by atoms with E-state index in [1.54, 1.807) is 48.5 Å². The molecule has 0 saturated carbocycles. The Labute approximate surface area is 270 Å². The fourth-order valence-corrected chi connectivity index (χ4v) is 4.99. The van der Waals surface area contributed by atoms with Crippen molar-refractivity contribution in [2.24, 2.45) is 5.92 Å². The number of carbonyl (C=O) groups is 2. The molecule has 0 aromatic heterocycles. The zero-order valence-corrected chi connectivity index (χ0v) is 25.1. The second kappa shape index (κ2) is 14.7. The van der Waals surface area contributed by atoms with Crippen molar-refractivity contribution in [3.63, 3.8) is 0 Å². The summed E-state index contributed by atoms with van der Waals surface area (Å²) in [5.41, 5.74) is -4.15. The number of allylic oxidation sites excluding steroid dienone is 1. The van der Waals surface area contributed by atoms with E-state index >= 15 is 0 Å². The van der Waals surface area contributed by atoms with E-state index in [0.717, 1.165) is 23.3 Å². The first-order chi connectivity index (χ1) is 22.6. The molecular weight excluding hydrogens is 645 g/mol. The van der Waals surface area contributed by atoms with Crippen molar-refractivity contribution in [1.82, 2.24) is 0 Å². The van der Waals surface area contributed by atoms with Gasteiger partial charge in [0.1, 0.15) is 12.4 Å². The minimum absolute atomic E-state index is 0.0661. The number of rotatable bonds is 13. The van der Waals surface area contributed by atoms with Crippen LogP contribution in [0, 0.1) is 5.92 Å². The molecule has 0 heterocycles. The van der Waals surface area contributed by atoms with E-state index in [2.05, 4.69) is 0 Å². The smallest absolute Gasteiger partial charge is 0.435 e. The van der Waals surface area contributed by atoms with Crippen molar-refractivity contribution in [2.45, 2.75) is 43.9 Å². The Balaban J connectivity index is 1.51. The Morgan fingerprint density at radius 2 is 1.17 bits per heavy atom. The molecule has 0 aliphatic rings. The molecule has 0 spiro atoms. The maximum atomic E-state index is 14.4. The quantitative estimate of drug-likeness (QED) is 0.138. The Kier molecular flexibility index (Phi) is 11.0. The summed E-state index contributed by atoms with van der Waals surface area (Å²) in [5.74, 6) is -1.77. The standard InChI is InChI=1S/C36H29F7O5/c37-34(35(38,39)40,36(41,42)43)30-19-12-26(13-20-30)22-48-31-4-2-1-3-27(31)14-9-24(21-25-10-17-29(18-11-25)33(46)47)6-5-23-7-15-28(16-8-23)32(44)45/h1-4,7-20,24H,5-6,21-22H2,(H,44,45)(H,46,47)/b14-9+. The molecule has 0 saturated heterocycles. The predicted molar refractivity (Wildman–Crippen MR) is 163 cm³/mol.